The van der Waals surface area contributed by atoms with Gasteiger partial charge in [-0.05, 0) is 59.3 Å². The van der Waals surface area contributed by atoms with E-state index >= 15 is 0 Å². The third kappa shape index (κ3) is 3.96. The summed E-state index contributed by atoms with van der Waals surface area (Å²) < 4.78 is 6.49. The molecular formula is C15H20BrNO2. The van der Waals surface area contributed by atoms with Crippen LogP contribution in [0, 0.1) is 12.8 Å². The fourth-order valence-corrected chi connectivity index (χ4v) is 2.82. The minimum atomic E-state index is 0.0828. The molecule has 1 heterocycles. The monoisotopic (exact) mass is 325 g/mol. The first-order valence-electron chi connectivity index (χ1n) is 6.73. The zero-order chi connectivity index (χ0) is 13.8. The Bertz CT molecular complexity index is 453. The van der Waals surface area contributed by atoms with E-state index in [-0.39, 0.29) is 12.5 Å². The van der Waals surface area contributed by atoms with Gasteiger partial charge in [0.05, 0.1) is 4.47 Å². The van der Waals surface area contributed by atoms with E-state index in [4.69, 9.17) is 4.74 Å². The van der Waals surface area contributed by atoms with Crippen LogP contribution in [0.25, 0.3) is 0 Å². The van der Waals surface area contributed by atoms with Crippen LogP contribution in [0.3, 0.4) is 0 Å². The summed E-state index contributed by atoms with van der Waals surface area (Å²) >= 11 is 3.45. The highest BCUT2D eigenvalue weighted by Crippen LogP contribution is 2.25. The fraction of sp³-hybridized carbons (Fsp3) is 0.533. The standard InChI is InChI=1S/C15H20BrNO2/c1-11-5-7-17(8-6-11)15(18)10-19-14-4-3-12(2)9-13(14)16/h3-4,9,11H,5-8,10H2,1-2H3. The second-order valence-corrected chi connectivity index (χ2v) is 6.14. The molecule has 0 N–H and O–H groups in total. The molecule has 0 radical (unpaired) electrons. The molecule has 0 atom stereocenters. The van der Waals surface area contributed by atoms with Gasteiger partial charge in [-0.1, -0.05) is 13.0 Å². The summed E-state index contributed by atoms with van der Waals surface area (Å²) in [6, 6.07) is 5.86. The van der Waals surface area contributed by atoms with Gasteiger partial charge in [0, 0.05) is 13.1 Å². The third-order valence-electron chi connectivity index (χ3n) is 3.57. The lowest BCUT2D eigenvalue weighted by atomic mass is 9.99. The van der Waals surface area contributed by atoms with Gasteiger partial charge in [0.2, 0.25) is 0 Å². The van der Waals surface area contributed by atoms with Crippen LogP contribution in [0.15, 0.2) is 22.7 Å². The molecule has 0 bridgehead atoms. The molecule has 19 heavy (non-hydrogen) atoms. The molecule has 104 valence electrons. The van der Waals surface area contributed by atoms with Crippen LogP contribution >= 0.6 is 15.9 Å². The maximum Gasteiger partial charge on any atom is 0.260 e. The van der Waals surface area contributed by atoms with E-state index in [2.05, 4.69) is 22.9 Å². The van der Waals surface area contributed by atoms with Crippen molar-refractivity contribution in [2.24, 2.45) is 5.92 Å². The number of aryl methyl sites for hydroxylation is 1. The molecule has 0 aromatic heterocycles. The van der Waals surface area contributed by atoms with E-state index in [1.807, 2.05) is 30.0 Å². The third-order valence-corrected chi connectivity index (χ3v) is 4.19. The van der Waals surface area contributed by atoms with Crippen molar-refractivity contribution in [3.63, 3.8) is 0 Å². The maximum absolute atomic E-state index is 12.0. The van der Waals surface area contributed by atoms with Crippen molar-refractivity contribution in [3.8, 4) is 5.75 Å². The Morgan fingerprint density at radius 3 is 2.74 bits per heavy atom. The Hall–Kier alpha value is -1.03. The largest absolute Gasteiger partial charge is 0.483 e. The number of carbonyl (C=O) groups is 1. The number of carbonyl (C=O) groups excluding carboxylic acids is 1. The van der Waals surface area contributed by atoms with Crippen LogP contribution in [0.4, 0.5) is 0 Å². The second kappa shape index (κ2) is 6.42. The van der Waals surface area contributed by atoms with E-state index in [0.29, 0.717) is 0 Å². The summed E-state index contributed by atoms with van der Waals surface area (Å²) in [5, 5.41) is 0. The minimum absolute atomic E-state index is 0.0828. The Morgan fingerprint density at radius 2 is 2.11 bits per heavy atom. The Labute approximate surface area is 123 Å². The molecule has 1 amide bonds. The van der Waals surface area contributed by atoms with Gasteiger partial charge in [0.15, 0.2) is 6.61 Å². The number of rotatable bonds is 3. The number of benzene rings is 1. The summed E-state index contributed by atoms with van der Waals surface area (Å²) in [5.74, 6) is 1.54. The van der Waals surface area contributed by atoms with Crippen LogP contribution < -0.4 is 4.74 Å². The topological polar surface area (TPSA) is 29.5 Å². The van der Waals surface area contributed by atoms with Crippen molar-refractivity contribution < 1.29 is 9.53 Å². The van der Waals surface area contributed by atoms with E-state index < -0.39 is 0 Å². The predicted octanol–water partition coefficient (Wildman–Crippen LogP) is 3.39. The molecule has 3 nitrogen and oxygen atoms in total. The zero-order valence-electron chi connectivity index (χ0n) is 11.5. The maximum atomic E-state index is 12.0. The average molecular weight is 326 g/mol. The Balaban J connectivity index is 1.86. The molecule has 1 aliphatic heterocycles. The predicted molar refractivity (Wildman–Crippen MR) is 79.4 cm³/mol. The SMILES string of the molecule is Cc1ccc(OCC(=O)N2CCC(C)CC2)c(Br)c1. The number of ether oxygens (including phenoxy) is 1. The smallest absolute Gasteiger partial charge is 0.260 e. The molecule has 0 aliphatic carbocycles. The van der Waals surface area contributed by atoms with E-state index in [1.165, 1.54) is 0 Å². The molecule has 1 fully saturated rings. The molecule has 0 unspecified atom stereocenters. The van der Waals surface area contributed by atoms with Crippen molar-refractivity contribution in [1.82, 2.24) is 4.90 Å². The summed E-state index contributed by atoms with van der Waals surface area (Å²) in [7, 11) is 0. The highest BCUT2D eigenvalue weighted by atomic mass is 79.9. The first-order chi connectivity index (χ1) is 9.06. The number of hydrogen-bond acceptors (Lipinski definition) is 2. The lowest BCUT2D eigenvalue weighted by molar-refractivity contribution is -0.134. The van der Waals surface area contributed by atoms with Crippen LogP contribution in [0.1, 0.15) is 25.3 Å². The summed E-state index contributed by atoms with van der Waals surface area (Å²) in [5.41, 5.74) is 1.16. The number of hydrogen-bond donors (Lipinski definition) is 0. The van der Waals surface area contributed by atoms with Crippen molar-refractivity contribution >= 4 is 21.8 Å². The zero-order valence-corrected chi connectivity index (χ0v) is 13.1. The highest BCUT2D eigenvalue weighted by molar-refractivity contribution is 9.10. The molecule has 0 saturated carbocycles. The molecule has 2 rings (SSSR count). The molecule has 0 spiro atoms. The Kier molecular flexibility index (Phi) is 4.86. The lowest BCUT2D eigenvalue weighted by Gasteiger charge is -2.30. The molecule has 1 aromatic rings. The van der Waals surface area contributed by atoms with E-state index in [1.54, 1.807) is 0 Å². The first-order valence-corrected chi connectivity index (χ1v) is 7.52. The van der Waals surface area contributed by atoms with Gasteiger partial charge in [0.25, 0.3) is 5.91 Å². The quantitative estimate of drug-likeness (QED) is 0.852. The normalized spacial score (nSPS) is 16.5. The highest BCUT2D eigenvalue weighted by Gasteiger charge is 2.20. The van der Waals surface area contributed by atoms with Crippen molar-refractivity contribution in [2.75, 3.05) is 19.7 Å². The van der Waals surface area contributed by atoms with Gasteiger partial charge in [-0.25, -0.2) is 0 Å². The summed E-state index contributed by atoms with van der Waals surface area (Å²) in [6.07, 6.45) is 2.19. The molecular weight excluding hydrogens is 306 g/mol. The Morgan fingerprint density at radius 1 is 1.42 bits per heavy atom. The van der Waals surface area contributed by atoms with E-state index in [9.17, 15) is 4.79 Å². The number of nitrogens with zero attached hydrogens (tertiary/aromatic N) is 1. The van der Waals surface area contributed by atoms with Crippen LogP contribution in [-0.2, 0) is 4.79 Å². The number of likely N-dealkylation sites (tertiary alicyclic amines) is 1. The van der Waals surface area contributed by atoms with Crippen molar-refractivity contribution in [1.29, 1.82) is 0 Å². The van der Waals surface area contributed by atoms with Gasteiger partial charge in [-0.2, -0.15) is 0 Å². The average Bonchev–Trinajstić information content (AvgIpc) is 2.38. The molecule has 1 saturated heterocycles. The molecule has 1 aliphatic rings. The van der Waals surface area contributed by atoms with Gasteiger partial charge in [0.1, 0.15) is 5.75 Å². The fourth-order valence-electron chi connectivity index (χ4n) is 2.21. The number of piperidine rings is 1. The number of halogens is 1. The first kappa shape index (κ1) is 14.4. The molecule has 4 heteroatoms. The van der Waals surface area contributed by atoms with Crippen LogP contribution in [-0.4, -0.2) is 30.5 Å². The number of amides is 1. The minimum Gasteiger partial charge on any atom is -0.483 e. The van der Waals surface area contributed by atoms with Gasteiger partial charge in [-0.3, -0.25) is 4.79 Å². The van der Waals surface area contributed by atoms with Crippen LogP contribution in [0.2, 0.25) is 0 Å². The van der Waals surface area contributed by atoms with Crippen molar-refractivity contribution in [3.05, 3.63) is 28.2 Å². The van der Waals surface area contributed by atoms with Crippen molar-refractivity contribution in [2.45, 2.75) is 26.7 Å². The van der Waals surface area contributed by atoms with Crippen LogP contribution in [0.5, 0.6) is 5.75 Å². The lowest BCUT2D eigenvalue weighted by Crippen LogP contribution is -2.40. The van der Waals surface area contributed by atoms with Gasteiger partial charge < -0.3 is 9.64 Å². The summed E-state index contributed by atoms with van der Waals surface area (Å²) in [6.45, 7) is 6.10. The summed E-state index contributed by atoms with van der Waals surface area (Å²) in [4.78, 5) is 13.9. The van der Waals surface area contributed by atoms with Gasteiger partial charge >= 0.3 is 0 Å². The van der Waals surface area contributed by atoms with E-state index in [0.717, 1.165) is 47.6 Å². The molecule has 1 aromatic carbocycles. The van der Waals surface area contributed by atoms with Gasteiger partial charge in [-0.15, -0.1) is 0 Å². The second-order valence-electron chi connectivity index (χ2n) is 5.29.